The van der Waals surface area contributed by atoms with Crippen LogP contribution >= 0.6 is 11.8 Å². The van der Waals surface area contributed by atoms with E-state index in [9.17, 15) is 4.79 Å². The van der Waals surface area contributed by atoms with E-state index in [4.69, 9.17) is 0 Å². The van der Waals surface area contributed by atoms with Crippen molar-refractivity contribution in [1.29, 1.82) is 0 Å². The molecule has 0 aliphatic rings. The van der Waals surface area contributed by atoms with E-state index in [0.29, 0.717) is 21.9 Å². The highest BCUT2D eigenvalue weighted by Gasteiger charge is 2.10. The average Bonchev–Trinajstić information content (AvgIpc) is 2.64. The minimum absolute atomic E-state index is 0.131. The van der Waals surface area contributed by atoms with Crippen LogP contribution in [0.25, 0.3) is 10.9 Å². The van der Waals surface area contributed by atoms with E-state index < -0.39 is 0 Å². The van der Waals surface area contributed by atoms with E-state index in [1.165, 1.54) is 16.4 Å². The third-order valence-electron chi connectivity index (χ3n) is 3.94. The molecule has 1 N–H and O–H groups in total. The van der Waals surface area contributed by atoms with Crippen molar-refractivity contribution >= 4 is 33.5 Å². The van der Waals surface area contributed by atoms with E-state index in [0.717, 1.165) is 17.7 Å². The molecule has 0 aliphatic heterocycles. The molecule has 1 aromatic heterocycles. The first-order valence-corrected chi connectivity index (χ1v) is 9.32. The number of nitrogens with one attached hydrogen (secondary N) is 1. The Bertz CT molecular complexity index is 994. The number of rotatable bonds is 3. The highest BCUT2D eigenvalue weighted by Crippen LogP contribution is 2.20. The molecule has 3 rings (SSSR count). The topological polar surface area (TPSA) is 59.3 Å². The standard InChI is InChI=1S/C19H20N4OS/c1-4-14-9-5-7-11-16(14)21-19(25-3)22-23-13(2)20-17-12-8-6-10-15(17)18(23)24/h5-12H,4H2,1-3H3,(H,21,22). The van der Waals surface area contributed by atoms with Gasteiger partial charge in [0.15, 0.2) is 5.17 Å². The lowest BCUT2D eigenvalue weighted by atomic mass is 10.1. The number of aliphatic imine (C=N–C) groups is 1. The maximum Gasteiger partial charge on any atom is 0.280 e. The van der Waals surface area contributed by atoms with E-state index in [1.54, 1.807) is 13.0 Å². The predicted molar refractivity (Wildman–Crippen MR) is 107 cm³/mol. The van der Waals surface area contributed by atoms with Crippen molar-refractivity contribution in [3.05, 3.63) is 70.3 Å². The lowest BCUT2D eigenvalue weighted by Crippen LogP contribution is -2.34. The molecule has 0 saturated heterocycles. The normalized spacial score (nSPS) is 11.7. The summed E-state index contributed by atoms with van der Waals surface area (Å²) in [6.07, 6.45) is 2.83. The van der Waals surface area contributed by atoms with E-state index in [1.807, 2.05) is 42.7 Å². The predicted octanol–water partition coefficient (Wildman–Crippen LogP) is 3.86. The quantitative estimate of drug-likeness (QED) is 0.574. The Morgan fingerprint density at radius 1 is 1.20 bits per heavy atom. The van der Waals surface area contributed by atoms with Crippen LogP contribution in [0.5, 0.6) is 0 Å². The molecule has 0 spiro atoms. The van der Waals surface area contributed by atoms with Crippen LogP contribution in [0.15, 0.2) is 58.3 Å². The summed E-state index contributed by atoms with van der Waals surface area (Å²) in [5.74, 6) is 0.592. The van der Waals surface area contributed by atoms with Crippen LogP contribution in [0.3, 0.4) is 0 Å². The molecular formula is C19H20N4OS. The minimum atomic E-state index is -0.131. The van der Waals surface area contributed by atoms with Crippen molar-refractivity contribution in [3.63, 3.8) is 0 Å². The Morgan fingerprint density at radius 3 is 2.68 bits per heavy atom. The molecule has 0 aliphatic carbocycles. The summed E-state index contributed by atoms with van der Waals surface area (Å²) in [4.78, 5) is 22.0. The summed E-state index contributed by atoms with van der Waals surface area (Å²) in [5.41, 5.74) is 5.74. The number of hydrogen-bond acceptors (Lipinski definition) is 4. The smallest absolute Gasteiger partial charge is 0.268 e. The molecule has 0 saturated carbocycles. The number of para-hydroxylation sites is 2. The highest BCUT2D eigenvalue weighted by molar-refractivity contribution is 8.13. The first-order chi connectivity index (χ1) is 12.1. The molecule has 6 heteroatoms. The lowest BCUT2D eigenvalue weighted by Gasteiger charge is -2.14. The Hall–Kier alpha value is -2.60. The SMILES string of the molecule is CCc1ccccc1N=C(Nn1c(C)nc2ccccc2c1=O)SC. The molecule has 25 heavy (non-hydrogen) atoms. The molecule has 0 atom stereocenters. The molecule has 2 aromatic carbocycles. The van der Waals surface area contributed by atoms with Crippen LogP contribution in [-0.2, 0) is 6.42 Å². The molecule has 0 fully saturated rings. The van der Waals surface area contributed by atoms with Gasteiger partial charge in [0.2, 0.25) is 0 Å². The van der Waals surface area contributed by atoms with Crippen LogP contribution in [0, 0.1) is 6.92 Å². The number of amidine groups is 1. The minimum Gasteiger partial charge on any atom is -0.268 e. The fraction of sp³-hybridized carbons (Fsp3) is 0.211. The van der Waals surface area contributed by atoms with Crippen LogP contribution in [0.4, 0.5) is 5.69 Å². The number of hydrogen-bond donors (Lipinski definition) is 1. The van der Waals surface area contributed by atoms with E-state index >= 15 is 0 Å². The maximum atomic E-state index is 12.8. The second-order valence-electron chi connectivity index (χ2n) is 5.53. The number of thioether (sulfide) groups is 1. The number of fused-ring (bicyclic) bond motifs is 1. The van der Waals surface area contributed by atoms with Gasteiger partial charge in [0.25, 0.3) is 5.56 Å². The van der Waals surface area contributed by atoms with Crippen LogP contribution in [-0.4, -0.2) is 21.1 Å². The van der Waals surface area contributed by atoms with Gasteiger partial charge in [0.05, 0.1) is 16.6 Å². The molecule has 128 valence electrons. The van der Waals surface area contributed by atoms with Gasteiger partial charge in [0, 0.05) is 0 Å². The van der Waals surface area contributed by atoms with Gasteiger partial charge >= 0.3 is 0 Å². The molecule has 1 heterocycles. The zero-order chi connectivity index (χ0) is 17.8. The molecule has 3 aromatic rings. The lowest BCUT2D eigenvalue weighted by molar-refractivity contribution is 0.839. The van der Waals surface area contributed by atoms with Crippen LogP contribution in [0.2, 0.25) is 0 Å². The summed E-state index contributed by atoms with van der Waals surface area (Å²) in [7, 11) is 0. The molecule has 0 amide bonds. The van der Waals surface area contributed by atoms with E-state index in [-0.39, 0.29) is 5.56 Å². The van der Waals surface area contributed by atoms with Crippen molar-refractivity contribution < 1.29 is 0 Å². The zero-order valence-corrected chi connectivity index (χ0v) is 15.3. The third kappa shape index (κ3) is 3.58. The fourth-order valence-electron chi connectivity index (χ4n) is 2.62. The monoisotopic (exact) mass is 352 g/mol. The number of benzene rings is 2. The first kappa shape index (κ1) is 17.2. The molecule has 0 unspecified atom stereocenters. The van der Waals surface area contributed by atoms with Crippen molar-refractivity contribution in [2.45, 2.75) is 20.3 Å². The second kappa shape index (κ2) is 7.53. The van der Waals surface area contributed by atoms with Crippen LogP contribution < -0.4 is 11.0 Å². The van der Waals surface area contributed by atoms with Gasteiger partial charge in [-0.15, -0.1) is 0 Å². The fourth-order valence-corrected chi connectivity index (χ4v) is 2.99. The van der Waals surface area contributed by atoms with E-state index in [2.05, 4.69) is 28.4 Å². The molecular weight excluding hydrogens is 332 g/mol. The van der Waals surface area contributed by atoms with Crippen molar-refractivity contribution in [1.82, 2.24) is 9.66 Å². The summed E-state index contributed by atoms with van der Waals surface area (Å²) in [5, 5.41) is 1.22. The Kier molecular flexibility index (Phi) is 5.19. The molecule has 0 bridgehead atoms. The van der Waals surface area contributed by atoms with Gasteiger partial charge in [-0.05, 0) is 43.4 Å². The summed E-state index contributed by atoms with van der Waals surface area (Å²) >= 11 is 1.45. The molecule has 5 nitrogen and oxygen atoms in total. The van der Waals surface area contributed by atoms with Gasteiger partial charge in [0.1, 0.15) is 5.82 Å². The Balaban J connectivity index is 2.04. The average molecular weight is 352 g/mol. The van der Waals surface area contributed by atoms with Crippen LogP contribution in [0.1, 0.15) is 18.3 Å². The van der Waals surface area contributed by atoms with Crippen molar-refractivity contribution in [2.75, 3.05) is 11.7 Å². The van der Waals surface area contributed by atoms with Gasteiger partial charge in [-0.1, -0.05) is 49.0 Å². The first-order valence-electron chi connectivity index (χ1n) is 8.10. The van der Waals surface area contributed by atoms with Crippen molar-refractivity contribution in [2.24, 2.45) is 4.99 Å². The Morgan fingerprint density at radius 2 is 1.92 bits per heavy atom. The second-order valence-corrected chi connectivity index (χ2v) is 6.33. The summed E-state index contributed by atoms with van der Waals surface area (Å²) in [6, 6.07) is 15.3. The maximum absolute atomic E-state index is 12.8. The number of aryl methyl sites for hydroxylation is 2. The summed E-state index contributed by atoms with van der Waals surface area (Å²) in [6.45, 7) is 3.90. The third-order valence-corrected chi connectivity index (χ3v) is 4.51. The highest BCUT2D eigenvalue weighted by atomic mass is 32.2. The molecule has 0 radical (unpaired) electrons. The number of aromatic nitrogens is 2. The largest absolute Gasteiger partial charge is 0.280 e. The van der Waals surface area contributed by atoms with Gasteiger partial charge in [-0.2, -0.15) is 0 Å². The van der Waals surface area contributed by atoms with Crippen molar-refractivity contribution in [3.8, 4) is 0 Å². The van der Waals surface area contributed by atoms with Gasteiger partial charge in [-0.3, -0.25) is 10.2 Å². The zero-order valence-electron chi connectivity index (χ0n) is 14.5. The van der Waals surface area contributed by atoms with Gasteiger partial charge < -0.3 is 0 Å². The Labute approximate surface area is 150 Å². The van der Waals surface area contributed by atoms with Gasteiger partial charge in [-0.25, -0.2) is 14.7 Å². The number of nitrogens with zero attached hydrogens (tertiary/aromatic N) is 3. The summed E-state index contributed by atoms with van der Waals surface area (Å²) < 4.78 is 1.45.